The van der Waals surface area contributed by atoms with Crippen LogP contribution in [0.2, 0.25) is 0 Å². The molecule has 0 radical (unpaired) electrons. The van der Waals surface area contributed by atoms with Crippen molar-refractivity contribution in [2.75, 3.05) is 6.61 Å². The molecule has 0 N–H and O–H groups in total. The van der Waals surface area contributed by atoms with Crippen molar-refractivity contribution >= 4 is 21.9 Å². The fraction of sp³-hybridized carbons (Fsp3) is 0.167. The van der Waals surface area contributed by atoms with Crippen LogP contribution in [0.4, 0.5) is 0 Å². The second-order valence-electron chi connectivity index (χ2n) is 5.49. The van der Waals surface area contributed by atoms with Crippen LogP contribution >= 0.6 is 15.9 Å². The van der Waals surface area contributed by atoms with Crippen molar-refractivity contribution in [2.45, 2.75) is 12.7 Å². The van der Waals surface area contributed by atoms with Gasteiger partial charge in [0.15, 0.2) is 18.1 Å². The molecule has 2 heterocycles. The van der Waals surface area contributed by atoms with E-state index in [0.717, 1.165) is 10.0 Å². The minimum Gasteiger partial charge on any atom is -0.485 e. The summed E-state index contributed by atoms with van der Waals surface area (Å²) in [5.41, 5.74) is 0.793. The van der Waals surface area contributed by atoms with Crippen molar-refractivity contribution in [2.24, 2.45) is 0 Å². The number of hydrogen-bond acceptors (Lipinski definition) is 7. The molecule has 0 aliphatic carbocycles. The van der Waals surface area contributed by atoms with E-state index in [1.54, 1.807) is 18.2 Å². The highest BCUT2D eigenvalue weighted by molar-refractivity contribution is 9.10. The Kier molecular flexibility index (Phi) is 4.57. The topological polar surface area (TPSA) is 83.7 Å². The first kappa shape index (κ1) is 16.6. The van der Waals surface area contributed by atoms with Crippen molar-refractivity contribution in [3.63, 3.8) is 0 Å². The lowest BCUT2D eigenvalue weighted by molar-refractivity contribution is -0.156. The Hall–Kier alpha value is -2.87. The molecule has 0 saturated carbocycles. The molecular weight excluding hydrogens is 404 g/mol. The maximum absolute atomic E-state index is 12.2. The van der Waals surface area contributed by atoms with Crippen LogP contribution in [0, 0.1) is 0 Å². The standard InChI is InChI=1S/C18H13BrN2O5/c19-12-5-3-4-11(8-12)17-20-16(26-21-17)10-24-18(22)15-9-23-13-6-1-2-7-14(13)25-15/h1-8,15H,9-10H2. The van der Waals surface area contributed by atoms with E-state index in [4.69, 9.17) is 18.7 Å². The van der Waals surface area contributed by atoms with Gasteiger partial charge in [0.2, 0.25) is 11.9 Å². The molecular formula is C18H13BrN2O5. The Balaban J connectivity index is 1.37. The zero-order valence-electron chi connectivity index (χ0n) is 13.4. The number of halogens is 1. The third-order valence-electron chi connectivity index (χ3n) is 3.66. The Morgan fingerprint density at radius 2 is 2.04 bits per heavy atom. The molecule has 2 aromatic carbocycles. The summed E-state index contributed by atoms with van der Waals surface area (Å²) in [5, 5.41) is 3.89. The van der Waals surface area contributed by atoms with E-state index < -0.39 is 12.1 Å². The molecule has 1 atom stereocenters. The van der Waals surface area contributed by atoms with Crippen LogP contribution in [-0.2, 0) is 16.1 Å². The highest BCUT2D eigenvalue weighted by Crippen LogP contribution is 2.31. The van der Waals surface area contributed by atoms with E-state index >= 15 is 0 Å². The summed E-state index contributed by atoms with van der Waals surface area (Å²) in [5.74, 6) is 1.18. The van der Waals surface area contributed by atoms with Gasteiger partial charge in [0, 0.05) is 10.0 Å². The molecule has 0 fully saturated rings. The Labute approximate surface area is 157 Å². The summed E-state index contributed by atoms with van der Waals surface area (Å²) in [7, 11) is 0. The van der Waals surface area contributed by atoms with Crippen molar-refractivity contribution in [1.82, 2.24) is 10.1 Å². The Bertz CT molecular complexity index is 943. The number of carbonyl (C=O) groups is 1. The quantitative estimate of drug-likeness (QED) is 0.602. The van der Waals surface area contributed by atoms with Crippen LogP contribution in [-0.4, -0.2) is 28.8 Å². The lowest BCUT2D eigenvalue weighted by Crippen LogP contribution is -2.37. The number of para-hydroxylation sites is 2. The summed E-state index contributed by atoms with van der Waals surface area (Å²) in [4.78, 5) is 16.4. The van der Waals surface area contributed by atoms with Crippen molar-refractivity contribution < 1.29 is 23.5 Å². The SMILES string of the molecule is O=C(OCc1nc(-c2cccc(Br)c2)no1)C1COc2ccccc2O1. The molecule has 4 rings (SSSR count). The normalized spacial score (nSPS) is 15.5. The number of fused-ring (bicyclic) bond motifs is 1. The zero-order valence-corrected chi connectivity index (χ0v) is 15.0. The fourth-order valence-corrected chi connectivity index (χ4v) is 2.82. The number of carbonyl (C=O) groups excluding carboxylic acids is 1. The number of hydrogen-bond donors (Lipinski definition) is 0. The number of benzene rings is 2. The molecule has 26 heavy (non-hydrogen) atoms. The Morgan fingerprint density at radius 1 is 1.19 bits per heavy atom. The first-order valence-corrected chi connectivity index (χ1v) is 8.62. The first-order chi connectivity index (χ1) is 12.7. The molecule has 0 amide bonds. The summed E-state index contributed by atoms with van der Waals surface area (Å²) in [6.45, 7) is -0.0513. The molecule has 1 aromatic heterocycles. The summed E-state index contributed by atoms with van der Waals surface area (Å²) in [6.07, 6.45) is -0.836. The van der Waals surface area contributed by atoms with Crippen LogP contribution < -0.4 is 9.47 Å². The first-order valence-electron chi connectivity index (χ1n) is 7.83. The lowest BCUT2D eigenvalue weighted by Gasteiger charge is -2.24. The highest BCUT2D eigenvalue weighted by atomic mass is 79.9. The smallest absolute Gasteiger partial charge is 0.351 e. The van der Waals surface area contributed by atoms with Crippen LogP contribution in [0.15, 0.2) is 57.5 Å². The van der Waals surface area contributed by atoms with Crippen molar-refractivity contribution in [1.29, 1.82) is 0 Å². The van der Waals surface area contributed by atoms with Gasteiger partial charge in [-0.1, -0.05) is 45.4 Å². The van der Waals surface area contributed by atoms with Gasteiger partial charge in [0.1, 0.15) is 6.61 Å². The molecule has 3 aromatic rings. The maximum Gasteiger partial charge on any atom is 0.351 e. The van der Waals surface area contributed by atoms with E-state index in [0.29, 0.717) is 17.3 Å². The molecule has 1 unspecified atom stereocenters. The summed E-state index contributed by atoms with van der Waals surface area (Å²) >= 11 is 3.39. The molecule has 1 aliphatic heterocycles. The Morgan fingerprint density at radius 3 is 2.88 bits per heavy atom. The fourth-order valence-electron chi connectivity index (χ4n) is 2.42. The molecule has 7 nitrogen and oxygen atoms in total. The summed E-state index contributed by atoms with van der Waals surface area (Å²) < 4.78 is 22.3. The van der Waals surface area contributed by atoms with E-state index in [-0.39, 0.29) is 19.1 Å². The third kappa shape index (κ3) is 3.55. The average molecular weight is 417 g/mol. The van der Waals surface area contributed by atoms with E-state index in [1.165, 1.54) is 0 Å². The predicted octanol–water partition coefficient (Wildman–Crippen LogP) is 3.38. The summed E-state index contributed by atoms with van der Waals surface area (Å²) in [6, 6.07) is 14.6. The van der Waals surface area contributed by atoms with Crippen LogP contribution in [0.3, 0.4) is 0 Å². The van der Waals surface area contributed by atoms with Gasteiger partial charge >= 0.3 is 5.97 Å². The van der Waals surface area contributed by atoms with Gasteiger partial charge in [0.25, 0.3) is 5.89 Å². The van der Waals surface area contributed by atoms with Gasteiger partial charge in [-0.2, -0.15) is 4.98 Å². The van der Waals surface area contributed by atoms with E-state index in [1.807, 2.05) is 30.3 Å². The van der Waals surface area contributed by atoms with Gasteiger partial charge in [-0.05, 0) is 24.3 Å². The van der Waals surface area contributed by atoms with Crippen molar-refractivity contribution in [3.05, 3.63) is 58.9 Å². The highest BCUT2D eigenvalue weighted by Gasteiger charge is 2.29. The van der Waals surface area contributed by atoms with Crippen LogP contribution in [0.1, 0.15) is 5.89 Å². The van der Waals surface area contributed by atoms with Gasteiger partial charge in [-0.15, -0.1) is 0 Å². The van der Waals surface area contributed by atoms with E-state index in [2.05, 4.69) is 26.1 Å². The molecule has 0 spiro atoms. The van der Waals surface area contributed by atoms with Crippen LogP contribution in [0.5, 0.6) is 11.5 Å². The molecule has 0 bridgehead atoms. The average Bonchev–Trinajstić information content (AvgIpc) is 3.15. The minimum atomic E-state index is -0.836. The molecule has 132 valence electrons. The van der Waals surface area contributed by atoms with Crippen LogP contribution in [0.25, 0.3) is 11.4 Å². The minimum absolute atomic E-state index is 0.0863. The van der Waals surface area contributed by atoms with Gasteiger partial charge in [-0.3, -0.25) is 0 Å². The molecule has 0 saturated heterocycles. The number of aromatic nitrogens is 2. The largest absolute Gasteiger partial charge is 0.485 e. The lowest BCUT2D eigenvalue weighted by atomic mass is 10.2. The van der Waals surface area contributed by atoms with Gasteiger partial charge < -0.3 is 18.7 Å². The molecule has 1 aliphatic rings. The predicted molar refractivity (Wildman–Crippen MR) is 93.6 cm³/mol. The maximum atomic E-state index is 12.2. The number of ether oxygens (including phenoxy) is 3. The second-order valence-corrected chi connectivity index (χ2v) is 6.41. The van der Waals surface area contributed by atoms with Gasteiger partial charge in [-0.25, -0.2) is 4.79 Å². The van der Waals surface area contributed by atoms with Crippen molar-refractivity contribution in [3.8, 4) is 22.9 Å². The van der Waals surface area contributed by atoms with E-state index in [9.17, 15) is 4.79 Å². The third-order valence-corrected chi connectivity index (χ3v) is 4.15. The number of nitrogens with zero attached hydrogens (tertiary/aromatic N) is 2. The zero-order chi connectivity index (χ0) is 17.9. The monoisotopic (exact) mass is 416 g/mol. The number of rotatable bonds is 4. The number of esters is 1. The second kappa shape index (κ2) is 7.17. The van der Waals surface area contributed by atoms with Gasteiger partial charge in [0.05, 0.1) is 0 Å². The molecule has 8 heteroatoms.